The first-order chi connectivity index (χ1) is 11.5. The number of carbonyl (C=O) groups excluding carboxylic acids is 1. The lowest BCUT2D eigenvalue weighted by atomic mass is 10.1. The van der Waals surface area contributed by atoms with Crippen LogP contribution >= 0.6 is 35.6 Å². The predicted octanol–water partition coefficient (Wildman–Crippen LogP) is 5.30. The third-order valence-corrected chi connectivity index (χ3v) is 5.16. The van der Waals surface area contributed by atoms with Gasteiger partial charge < -0.3 is 4.42 Å². The largest absolute Gasteiger partial charge is 0.457 e. The lowest BCUT2D eigenvalue weighted by Crippen LogP contribution is -2.27. The van der Waals surface area contributed by atoms with Crippen LogP contribution in [0.25, 0.3) is 17.4 Å². The van der Waals surface area contributed by atoms with Gasteiger partial charge in [0.05, 0.1) is 4.91 Å². The van der Waals surface area contributed by atoms with Crippen LogP contribution in [0, 0.1) is 6.92 Å². The van der Waals surface area contributed by atoms with Gasteiger partial charge in [0, 0.05) is 23.2 Å². The topological polar surface area (TPSA) is 33.5 Å². The quantitative estimate of drug-likeness (QED) is 0.412. The van der Waals surface area contributed by atoms with Gasteiger partial charge in [-0.25, -0.2) is 0 Å². The van der Waals surface area contributed by atoms with Crippen molar-refractivity contribution in [1.82, 2.24) is 4.90 Å². The fourth-order valence-corrected chi connectivity index (χ4v) is 3.78. The summed E-state index contributed by atoms with van der Waals surface area (Å²) in [6, 6.07) is 9.35. The number of aryl methyl sites for hydroxylation is 1. The van der Waals surface area contributed by atoms with Crippen LogP contribution in [0.15, 0.2) is 52.3 Å². The number of carbonyl (C=O) groups is 1. The van der Waals surface area contributed by atoms with Crippen molar-refractivity contribution in [3.05, 3.63) is 64.2 Å². The second-order valence-electron chi connectivity index (χ2n) is 5.24. The zero-order valence-corrected chi connectivity index (χ0v) is 15.3. The van der Waals surface area contributed by atoms with E-state index in [0.29, 0.717) is 32.3 Å². The van der Waals surface area contributed by atoms with Crippen LogP contribution in [-0.4, -0.2) is 21.7 Å². The number of hydrogen-bond acceptors (Lipinski definition) is 4. The Morgan fingerprint density at radius 3 is 2.92 bits per heavy atom. The molecule has 0 aliphatic carbocycles. The Labute approximate surface area is 155 Å². The minimum absolute atomic E-state index is 0.123. The Bertz CT molecular complexity index is 870. The summed E-state index contributed by atoms with van der Waals surface area (Å²) in [6.07, 6.45) is 3.37. The van der Waals surface area contributed by atoms with E-state index >= 15 is 0 Å². The molecule has 0 atom stereocenters. The first-order valence-corrected chi connectivity index (χ1v) is 8.82. The first kappa shape index (κ1) is 17.0. The summed E-state index contributed by atoms with van der Waals surface area (Å²) in [6.45, 7) is 6.05. The third-order valence-electron chi connectivity index (χ3n) is 3.55. The monoisotopic (exact) mass is 375 g/mol. The molecular formula is C18H14ClNO2S2. The number of halogens is 1. The maximum absolute atomic E-state index is 12.3. The highest BCUT2D eigenvalue weighted by Gasteiger charge is 2.31. The van der Waals surface area contributed by atoms with Gasteiger partial charge in [0.2, 0.25) is 0 Å². The molecule has 1 aromatic carbocycles. The summed E-state index contributed by atoms with van der Waals surface area (Å²) < 4.78 is 6.39. The van der Waals surface area contributed by atoms with Crippen LogP contribution in [0.3, 0.4) is 0 Å². The fraction of sp³-hybridized carbons (Fsp3) is 0.111. The van der Waals surface area contributed by atoms with Crippen molar-refractivity contribution in [3.8, 4) is 11.3 Å². The van der Waals surface area contributed by atoms with Crippen molar-refractivity contribution in [1.29, 1.82) is 0 Å². The summed E-state index contributed by atoms with van der Waals surface area (Å²) in [5.74, 6) is 1.19. The number of hydrogen-bond donors (Lipinski definition) is 0. The third kappa shape index (κ3) is 3.34. The van der Waals surface area contributed by atoms with Crippen molar-refractivity contribution in [2.24, 2.45) is 0 Å². The Balaban J connectivity index is 1.89. The maximum atomic E-state index is 12.3. The van der Waals surface area contributed by atoms with Crippen molar-refractivity contribution >= 4 is 51.9 Å². The number of furan rings is 1. The first-order valence-electron chi connectivity index (χ1n) is 7.22. The molecule has 0 bridgehead atoms. The Morgan fingerprint density at radius 1 is 1.38 bits per heavy atom. The lowest BCUT2D eigenvalue weighted by Gasteiger charge is -2.10. The van der Waals surface area contributed by atoms with Crippen LogP contribution in [0.4, 0.5) is 0 Å². The summed E-state index contributed by atoms with van der Waals surface area (Å²) in [5.41, 5.74) is 2.00. The van der Waals surface area contributed by atoms with Gasteiger partial charge in [0.15, 0.2) is 0 Å². The highest BCUT2D eigenvalue weighted by Crippen LogP contribution is 2.34. The molecule has 0 N–H and O–H groups in total. The highest BCUT2D eigenvalue weighted by atomic mass is 35.5. The molecule has 1 saturated heterocycles. The van der Waals surface area contributed by atoms with Crippen LogP contribution in [0.2, 0.25) is 5.02 Å². The van der Waals surface area contributed by atoms with E-state index in [4.69, 9.17) is 28.2 Å². The molecule has 0 saturated carbocycles. The zero-order chi connectivity index (χ0) is 17.3. The van der Waals surface area contributed by atoms with Gasteiger partial charge in [-0.1, -0.05) is 47.7 Å². The van der Waals surface area contributed by atoms with Gasteiger partial charge in [0.1, 0.15) is 15.8 Å². The summed E-state index contributed by atoms with van der Waals surface area (Å²) in [7, 11) is 0. The van der Waals surface area contributed by atoms with E-state index in [1.54, 1.807) is 12.2 Å². The fourth-order valence-electron chi connectivity index (χ4n) is 2.35. The van der Waals surface area contributed by atoms with Gasteiger partial charge in [-0.3, -0.25) is 9.69 Å². The molecular weight excluding hydrogens is 362 g/mol. The molecule has 0 radical (unpaired) electrons. The molecule has 2 aromatic rings. The standard InChI is InChI=1S/C18H14ClNO2S2/c1-3-8-20-17(21)16(24-18(20)23)10-13-6-7-15(22-13)14-9-12(19)5-4-11(14)2/h3-7,9-10H,1,8H2,2H3/b16-10+. The van der Waals surface area contributed by atoms with E-state index in [2.05, 4.69) is 6.58 Å². The summed E-state index contributed by atoms with van der Waals surface area (Å²) in [5, 5.41) is 0.652. The van der Waals surface area contributed by atoms with Gasteiger partial charge >= 0.3 is 0 Å². The SMILES string of the molecule is C=CCN1C(=O)/C(=C\c2ccc(-c3cc(Cl)ccc3C)o2)SC1=S. The Hall–Kier alpha value is -1.82. The summed E-state index contributed by atoms with van der Waals surface area (Å²) >= 11 is 12.6. The van der Waals surface area contributed by atoms with E-state index < -0.39 is 0 Å². The van der Waals surface area contributed by atoms with Gasteiger partial charge in [-0.2, -0.15) is 0 Å². The van der Waals surface area contributed by atoms with Crippen molar-refractivity contribution < 1.29 is 9.21 Å². The molecule has 0 unspecified atom stereocenters. The number of rotatable bonds is 4. The van der Waals surface area contributed by atoms with Crippen LogP contribution in [0.1, 0.15) is 11.3 Å². The van der Waals surface area contributed by atoms with Crippen molar-refractivity contribution in [3.63, 3.8) is 0 Å². The van der Waals surface area contributed by atoms with Gasteiger partial charge in [0.25, 0.3) is 5.91 Å². The number of amides is 1. The highest BCUT2D eigenvalue weighted by molar-refractivity contribution is 8.26. The molecule has 1 aliphatic rings. The molecule has 6 heteroatoms. The average molecular weight is 376 g/mol. The molecule has 122 valence electrons. The van der Waals surface area contributed by atoms with Gasteiger partial charge in [-0.05, 0) is 36.8 Å². The molecule has 3 rings (SSSR count). The molecule has 0 spiro atoms. The predicted molar refractivity (Wildman–Crippen MR) is 104 cm³/mol. The Morgan fingerprint density at radius 2 is 2.17 bits per heavy atom. The zero-order valence-electron chi connectivity index (χ0n) is 12.9. The molecule has 2 heterocycles. The second kappa shape index (κ2) is 6.97. The van der Waals surface area contributed by atoms with Gasteiger partial charge in [-0.15, -0.1) is 6.58 Å². The maximum Gasteiger partial charge on any atom is 0.266 e. The smallest absolute Gasteiger partial charge is 0.266 e. The number of thioether (sulfide) groups is 1. The van der Waals surface area contributed by atoms with Crippen molar-refractivity contribution in [2.45, 2.75) is 6.92 Å². The summed E-state index contributed by atoms with van der Waals surface area (Å²) in [4.78, 5) is 14.4. The van der Waals surface area contributed by atoms with E-state index in [-0.39, 0.29) is 5.91 Å². The average Bonchev–Trinajstić information content (AvgIpc) is 3.11. The molecule has 1 amide bonds. The van der Waals surface area contributed by atoms with Crippen LogP contribution < -0.4 is 0 Å². The minimum Gasteiger partial charge on any atom is -0.457 e. The number of nitrogens with zero attached hydrogens (tertiary/aromatic N) is 1. The number of benzene rings is 1. The lowest BCUT2D eigenvalue weighted by molar-refractivity contribution is -0.121. The molecule has 1 aromatic heterocycles. The van der Waals surface area contributed by atoms with Crippen LogP contribution in [0.5, 0.6) is 0 Å². The van der Waals surface area contributed by atoms with E-state index in [9.17, 15) is 4.79 Å². The Kier molecular flexibility index (Phi) is 4.94. The van der Waals surface area contributed by atoms with E-state index in [0.717, 1.165) is 11.1 Å². The van der Waals surface area contributed by atoms with E-state index in [1.807, 2.05) is 37.3 Å². The molecule has 1 aliphatic heterocycles. The molecule has 3 nitrogen and oxygen atoms in total. The minimum atomic E-state index is -0.123. The van der Waals surface area contributed by atoms with Crippen LogP contribution in [-0.2, 0) is 4.79 Å². The van der Waals surface area contributed by atoms with E-state index in [1.165, 1.54) is 16.7 Å². The molecule has 1 fully saturated rings. The molecule has 24 heavy (non-hydrogen) atoms. The second-order valence-corrected chi connectivity index (χ2v) is 7.35. The van der Waals surface area contributed by atoms with Crippen molar-refractivity contribution in [2.75, 3.05) is 6.54 Å². The number of thiocarbonyl (C=S) groups is 1. The normalized spacial score (nSPS) is 16.2.